The van der Waals surface area contributed by atoms with Crippen molar-refractivity contribution in [2.45, 2.75) is 0 Å². The Hall–Kier alpha value is 2.72. The second-order valence-corrected chi connectivity index (χ2v) is 3.14. The van der Waals surface area contributed by atoms with Crippen LogP contribution >= 0.6 is 0 Å². The van der Waals surface area contributed by atoms with E-state index in [1.807, 2.05) is 0 Å². The van der Waals surface area contributed by atoms with Gasteiger partial charge in [0.2, 0.25) is 0 Å². The number of rotatable bonds is 0. The summed E-state index contributed by atoms with van der Waals surface area (Å²) in [5, 5.41) is 0. The Labute approximate surface area is 143 Å². The van der Waals surface area contributed by atoms with E-state index in [1.165, 1.54) is 0 Å². The van der Waals surface area contributed by atoms with E-state index < -0.39 is 19.4 Å². The minimum atomic E-state index is -4.67. The van der Waals surface area contributed by atoms with Gasteiger partial charge in [-0.3, -0.25) is 9.11 Å². The van der Waals surface area contributed by atoms with Crippen molar-refractivity contribution in [3.05, 3.63) is 0 Å². The molecule has 0 atom stereocenters. The normalized spacial score (nSPS) is 9.08. The number of hydrogen-bond acceptors (Lipinski definition) is 6. The van der Waals surface area contributed by atoms with Crippen LogP contribution in [0.5, 0.6) is 0 Å². The topological polar surface area (TPSA) is 156 Å². The average Bonchev–Trinajstić information content (AvgIpc) is 1.12. The Morgan fingerprint density at radius 1 is 1.00 bits per heavy atom. The monoisotopic (exact) mass is 290 g/mol. The van der Waals surface area contributed by atoms with Crippen molar-refractivity contribution in [2.75, 3.05) is 0 Å². The summed E-state index contributed by atoms with van der Waals surface area (Å²) in [5.41, 5.74) is 0. The first kappa shape index (κ1) is 29.6. The largest absolute Gasteiger partial charge is 2.00 e. The maximum Gasteiger partial charge on any atom is 2.00 e. The van der Waals surface area contributed by atoms with Crippen molar-refractivity contribution in [3.63, 3.8) is 0 Å². The van der Waals surface area contributed by atoms with Crippen LogP contribution in [0.2, 0.25) is 0 Å². The van der Waals surface area contributed by atoms with Gasteiger partial charge in [-0.2, -0.15) is 8.42 Å². The summed E-state index contributed by atoms with van der Waals surface area (Å²) in [6, 6.07) is 0. The van der Waals surface area contributed by atoms with Crippen molar-refractivity contribution < 1.29 is 70.5 Å². The van der Waals surface area contributed by atoms with E-state index in [0.29, 0.717) is 0 Å². The maximum absolute atomic E-state index is 8.74. The van der Waals surface area contributed by atoms with E-state index in [0.717, 1.165) is 0 Å². The maximum atomic E-state index is 8.74. The van der Waals surface area contributed by atoms with Crippen LogP contribution in [0.1, 0.15) is 4.28 Å². The zero-order valence-electron chi connectivity index (χ0n) is 9.12. The molecule has 0 aromatic rings. The summed E-state index contributed by atoms with van der Waals surface area (Å²) in [6.07, 6.45) is 0. The van der Waals surface area contributed by atoms with Crippen molar-refractivity contribution in [2.24, 2.45) is 0 Å². The Balaban J connectivity index is -0.00000000970. The van der Waals surface area contributed by atoms with Gasteiger partial charge in [-0.25, -0.2) is 0 Å². The molecule has 13 heteroatoms. The van der Waals surface area contributed by atoms with E-state index in [9.17, 15) is 0 Å². The van der Waals surface area contributed by atoms with Gasteiger partial charge in [0.05, 0.1) is 0 Å². The molecule has 0 fully saturated rings. The van der Waals surface area contributed by atoms with Gasteiger partial charge >= 0.3 is 86.7 Å². The second kappa shape index (κ2) is 12.8. The SMILES string of the molecule is O=S(=O)(O)O.O[Si](O)(O)O.[AlH3].[Ca+2].[H-].[H-].[H-].[Na+]. The summed E-state index contributed by atoms with van der Waals surface area (Å²) in [6.45, 7) is 0. The Kier molecular flexibility index (Phi) is 29.2. The molecule has 0 saturated carbocycles. The van der Waals surface area contributed by atoms with E-state index in [4.69, 9.17) is 36.7 Å². The molecular weight excluding hydrogens is 278 g/mol. The molecule has 0 spiro atoms. The Morgan fingerprint density at radius 3 is 1.00 bits per heavy atom. The van der Waals surface area contributed by atoms with Crippen molar-refractivity contribution in [1.82, 2.24) is 0 Å². The zero-order chi connectivity index (χ0) is 9.00. The molecule has 6 N–H and O–H groups in total. The molecule has 0 aromatic carbocycles. The van der Waals surface area contributed by atoms with Crippen LogP contribution in [0.25, 0.3) is 0 Å². The standard InChI is InChI=1S/Al.Ca.Na.H2O4S.H4O4Si.6H/c;;;2*1-5(2,3)4;;;;;;/h;;;(H2,1,2,3,4);1-4H;;;;;;/q;+2;+1;;;;;;3*-1. The predicted octanol–water partition coefficient (Wildman–Crippen LogP) is -7.48. The fraction of sp³-hybridized carbons (Fsp3) is 0. The molecule has 0 saturated heterocycles. The van der Waals surface area contributed by atoms with Gasteiger partial charge in [0.15, 0.2) is 17.4 Å². The molecule has 13 heavy (non-hydrogen) atoms. The first-order valence-electron chi connectivity index (χ1n) is 1.59. The molecule has 0 aliphatic heterocycles. The van der Waals surface area contributed by atoms with Gasteiger partial charge in [0.1, 0.15) is 0 Å². The first-order chi connectivity index (χ1) is 4.00. The molecule has 76 valence electrons. The Morgan fingerprint density at radius 2 is 1.00 bits per heavy atom. The molecule has 0 radical (unpaired) electrons. The van der Waals surface area contributed by atoms with Crippen LogP contribution in [0.4, 0.5) is 0 Å². The third kappa shape index (κ3) is 322. The van der Waals surface area contributed by atoms with Gasteiger partial charge in [0.25, 0.3) is 0 Å². The summed E-state index contributed by atoms with van der Waals surface area (Å²) >= 11 is 0. The summed E-state index contributed by atoms with van der Waals surface area (Å²) in [5.74, 6) is 0. The smallest absolute Gasteiger partial charge is 1.00 e. The molecule has 8 nitrogen and oxygen atoms in total. The molecular formula is H12AlCaNaO8SSi. The zero-order valence-corrected chi connectivity index (χ0v) is 12.1. The van der Waals surface area contributed by atoms with Crippen LogP contribution < -0.4 is 29.6 Å². The molecule has 0 aliphatic rings. The molecule has 0 heterocycles. The fourth-order valence-corrected chi connectivity index (χ4v) is 0. The van der Waals surface area contributed by atoms with Gasteiger partial charge in [-0.1, -0.05) is 0 Å². The molecule has 0 aromatic heterocycles. The minimum absolute atomic E-state index is 0. The van der Waals surface area contributed by atoms with Crippen molar-refractivity contribution in [1.29, 1.82) is 0 Å². The summed E-state index contributed by atoms with van der Waals surface area (Å²) in [7, 11) is -9.28. The van der Waals surface area contributed by atoms with E-state index in [-0.39, 0.29) is 88.9 Å². The molecule has 0 unspecified atom stereocenters. The summed E-state index contributed by atoms with van der Waals surface area (Å²) in [4.78, 5) is 29.3. The van der Waals surface area contributed by atoms with E-state index in [2.05, 4.69) is 0 Å². The molecule has 0 amide bonds. The minimum Gasteiger partial charge on any atom is -1.00 e. The Bertz CT molecular complexity index is 170. The van der Waals surface area contributed by atoms with Crippen LogP contribution in [0.15, 0.2) is 0 Å². The van der Waals surface area contributed by atoms with Gasteiger partial charge in [0, 0.05) is 0 Å². The molecule has 0 aliphatic carbocycles. The predicted molar refractivity (Wildman–Crippen MR) is 47.8 cm³/mol. The number of hydrogen-bond donors (Lipinski definition) is 6. The van der Waals surface area contributed by atoms with Gasteiger partial charge in [-0.05, 0) is 0 Å². The van der Waals surface area contributed by atoms with Crippen molar-refractivity contribution in [3.8, 4) is 0 Å². The van der Waals surface area contributed by atoms with E-state index in [1.54, 1.807) is 0 Å². The average molecular weight is 290 g/mol. The summed E-state index contributed by atoms with van der Waals surface area (Å²) < 4.78 is 31.6. The fourth-order valence-electron chi connectivity index (χ4n) is 0. The van der Waals surface area contributed by atoms with Crippen LogP contribution in [0, 0.1) is 0 Å². The quantitative estimate of drug-likeness (QED) is 0.190. The van der Waals surface area contributed by atoms with Gasteiger partial charge in [-0.15, -0.1) is 0 Å². The van der Waals surface area contributed by atoms with Gasteiger partial charge < -0.3 is 23.5 Å². The van der Waals surface area contributed by atoms with Crippen LogP contribution in [-0.4, -0.2) is 101 Å². The molecule has 0 bridgehead atoms. The third-order valence-corrected chi connectivity index (χ3v) is 0. The molecule has 0 rings (SSSR count). The van der Waals surface area contributed by atoms with Crippen LogP contribution in [-0.2, 0) is 10.4 Å². The third-order valence-electron chi connectivity index (χ3n) is 0. The van der Waals surface area contributed by atoms with Crippen molar-refractivity contribution >= 4 is 74.5 Å². The van der Waals surface area contributed by atoms with E-state index >= 15 is 0 Å². The second-order valence-electron chi connectivity index (χ2n) is 1.05. The van der Waals surface area contributed by atoms with Crippen LogP contribution in [0.3, 0.4) is 0 Å². The first-order valence-corrected chi connectivity index (χ1v) is 4.78.